The summed E-state index contributed by atoms with van der Waals surface area (Å²) in [6, 6.07) is 8.52. The summed E-state index contributed by atoms with van der Waals surface area (Å²) in [5, 5.41) is 3.51. The Bertz CT molecular complexity index is 331. The molecule has 1 N–H and O–H groups in total. The first-order valence-electron chi connectivity index (χ1n) is 5.57. The van der Waals surface area contributed by atoms with E-state index in [-0.39, 0.29) is 0 Å². The van der Waals surface area contributed by atoms with Crippen molar-refractivity contribution in [3.8, 4) is 0 Å². The first kappa shape index (κ1) is 11.0. The molecular weight excluding hydrogens is 206 g/mol. The quantitative estimate of drug-likeness (QED) is 0.757. The normalized spacial score (nSPS) is 17.7. The maximum Gasteiger partial charge on any atom is 0.0292 e. The van der Waals surface area contributed by atoms with Gasteiger partial charge in [-0.1, -0.05) is 24.3 Å². The van der Waals surface area contributed by atoms with E-state index in [1.54, 1.807) is 0 Å². The van der Waals surface area contributed by atoms with Gasteiger partial charge in [-0.2, -0.15) is 0 Å². The van der Waals surface area contributed by atoms with Crippen molar-refractivity contribution < 1.29 is 0 Å². The lowest BCUT2D eigenvalue weighted by Gasteiger charge is -2.13. The molecule has 0 bridgehead atoms. The van der Waals surface area contributed by atoms with E-state index in [0.717, 1.165) is 19.0 Å². The molecule has 15 heavy (non-hydrogen) atoms. The van der Waals surface area contributed by atoms with Crippen molar-refractivity contribution in [1.29, 1.82) is 0 Å². The third-order valence-corrected chi connectivity index (χ3v) is 3.88. The van der Waals surface area contributed by atoms with Gasteiger partial charge in [-0.05, 0) is 36.3 Å². The van der Waals surface area contributed by atoms with Crippen LogP contribution < -0.4 is 5.32 Å². The highest BCUT2D eigenvalue weighted by atomic mass is 35.5. The number of hydrogen-bond donors (Lipinski definition) is 1. The molecule has 0 unspecified atom stereocenters. The second-order valence-electron chi connectivity index (χ2n) is 4.66. The zero-order valence-electron chi connectivity index (χ0n) is 9.22. The van der Waals surface area contributed by atoms with E-state index in [9.17, 15) is 0 Å². The molecule has 0 saturated heterocycles. The Morgan fingerprint density at radius 3 is 2.67 bits per heavy atom. The number of benzene rings is 1. The van der Waals surface area contributed by atoms with Crippen molar-refractivity contribution in [2.24, 2.45) is 5.41 Å². The lowest BCUT2D eigenvalue weighted by atomic mass is 10.1. The number of alkyl halides is 1. The van der Waals surface area contributed by atoms with E-state index in [1.807, 2.05) is 0 Å². The highest BCUT2D eigenvalue weighted by molar-refractivity contribution is 6.18. The second-order valence-corrected chi connectivity index (χ2v) is 4.93. The van der Waals surface area contributed by atoms with Crippen LogP contribution in [0.5, 0.6) is 0 Å². The Labute approximate surface area is 96.8 Å². The summed E-state index contributed by atoms with van der Waals surface area (Å²) in [4.78, 5) is 0. The maximum atomic E-state index is 5.93. The molecule has 0 amide bonds. The smallest absolute Gasteiger partial charge is 0.0292 e. The van der Waals surface area contributed by atoms with E-state index in [1.165, 1.54) is 24.0 Å². The first-order chi connectivity index (χ1) is 7.26. The Morgan fingerprint density at radius 1 is 1.33 bits per heavy atom. The number of rotatable bonds is 5. The van der Waals surface area contributed by atoms with Gasteiger partial charge in [0, 0.05) is 19.0 Å². The van der Waals surface area contributed by atoms with Gasteiger partial charge in [-0.15, -0.1) is 11.6 Å². The monoisotopic (exact) mass is 223 g/mol. The van der Waals surface area contributed by atoms with Gasteiger partial charge in [0.15, 0.2) is 0 Å². The number of aryl methyl sites for hydroxylation is 1. The molecule has 1 aliphatic carbocycles. The van der Waals surface area contributed by atoms with Crippen LogP contribution >= 0.6 is 11.6 Å². The minimum Gasteiger partial charge on any atom is -0.312 e. The SMILES string of the molecule is Cc1ccccc1CNCC1(CCl)CC1. The summed E-state index contributed by atoms with van der Waals surface area (Å²) in [6.07, 6.45) is 2.58. The average Bonchev–Trinajstić information content (AvgIpc) is 3.02. The van der Waals surface area contributed by atoms with Crippen LogP contribution in [0.1, 0.15) is 24.0 Å². The van der Waals surface area contributed by atoms with Crippen molar-refractivity contribution in [3.63, 3.8) is 0 Å². The largest absolute Gasteiger partial charge is 0.312 e. The fraction of sp³-hybridized carbons (Fsp3) is 0.538. The Balaban J connectivity index is 1.81. The first-order valence-corrected chi connectivity index (χ1v) is 6.10. The summed E-state index contributed by atoms with van der Waals surface area (Å²) in [7, 11) is 0. The van der Waals surface area contributed by atoms with Gasteiger partial charge in [0.1, 0.15) is 0 Å². The van der Waals surface area contributed by atoms with Gasteiger partial charge in [0.05, 0.1) is 0 Å². The molecule has 1 nitrogen and oxygen atoms in total. The molecule has 1 aliphatic rings. The number of nitrogens with one attached hydrogen (secondary N) is 1. The molecule has 1 saturated carbocycles. The molecule has 82 valence electrons. The molecule has 2 heteroatoms. The van der Waals surface area contributed by atoms with E-state index in [0.29, 0.717) is 5.41 Å². The zero-order chi connectivity index (χ0) is 10.7. The minimum atomic E-state index is 0.421. The molecule has 1 aromatic rings. The fourth-order valence-corrected chi connectivity index (χ4v) is 2.17. The average molecular weight is 224 g/mol. The predicted octanol–water partition coefficient (Wildman–Crippen LogP) is 3.10. The molecule has 0 aliphatic heterocycles. The standard InChI is InChI=1S/C13H18ClN/c1-11-4-2-3-5-12(11)8-15-10-13(9-14)6-7-13/h2-5,15H,6-10H2,1H3. The Kier molecular flexibility index (Phi) is 3.32. The summed E-state index contributed by atoms with van der Waals surface area (Å²) in [5.41, 5.74) is 3.17. The van der Waals surface area contributed by atoms with Gasteiger partial charge >= 0.3 is 0 Å². The van der Waals surface area contributed by atoms with Crippen molar-refractivity contribution in [2.45, 2.75) is 26.3 Å². The van der Waals surface area contributed by atoms with Crippen LogP contribution in [0.25, 0.3) is 0 Å². The number of hydrogen-bond acceptors (Lipinski definition) is 1. The van der Waals surface area contributed by atoms with E-state index < -0.39 is 0 Å². The molecule has 2 rings (SSSR count). The van der Waals surface area contributed by atoms with Gasteiger partial charge in [-0.25, -0.2) is 0 Å². The van der Waals surface area contributed by atoms with E-state index >= 15 is 0 Å². The molecule has 0 heterocycles. The summed E-state index contributed by atoms with van der Waals surface area (Å²) >= 11 is 5.93. The van der Waals surface area contributed by atoms with Gasteiger partial charge in [-0.3, -0.25) is 0 Å². The molecule has 0 radical (unpaired) electrons. The van der Waals surface area contributed by atoms with Gasteiger partial charge < -0.3 is 5.32 Å². The lowest BCUT2D eigenvalue weighted by molar-refractivity contribution is 0.504. The van der Waals surface area contributed by atoms with Crippen LogP contribution in [0.15, 0.2) is 24.3 Å². The Morgan fingerprint density at radius 2 is 2.07 bits per heavy atom. The maximum absolute atomic E-state index is 5.93. The fourth-order valence-electron chi connectivity index (χ4n) is 1.81. The Hall–Kier alpha value is -0.530. The van der Waals surface area contributed by atoms with Gasteiger partial charge in [0.25, 0.3) is 0 Å². The molecule has 0 atom stereocenters. The zero-order valence-corrected chi connectivity index (χ0v) is 9.98. The molecule has 0 spiro atoms. The van der Waals surface area contributed by atoms with Crippen molar-refractivity contribution in [3.05, 3.63) is 35.4 Å². The molecular formula is C13H18ClN. The highest BCUT2D eigenvalue weighted by Crippen LogP contribution is 2.45. The summed E-state index contributed by atoms with van der Waals surface area (Å²) in [6.45, 7) is 4.18. The van der Waals surface area contributed by atoms with Crippen molar-refractivity contribution in [1.82, 2.24) is 5.32 Å². The van der Waals surface area contributed by atoms with Gasteiger partial charge in [0.2, 0.25) is 0 Å². The van der Waals surface area contributed by atoms with Crippen LogP contribution in [-0.2, 0) is 6.54 Å². The van der Waals surface area contributed by atoms with E-state index in [4.69, 9.17) is 11.6 Å². The third-order valence-electron chi connectivity index (χ3n) is 3.32. The second kappa shape index (κ2) is 4.54. The predicted molar refractivity (Wildman–Crippen MR) is 65.3 cm³/mol. The molecule has 1 fully saturated rings. The van der Waals surface area contributed by atoms with E-state index in [2.05, 4.69) is 36.5 Å². The molecule has 1 aromatic carbocycles. The highest BCUT2D eigenvalue weighted by Gasteiger charge is 2.40. The summed E-state index contributed by atoms with van der Waals surface area (Å²) < 4.78 is 0. The van der Waals surface area contributed by atoms with Crippen molar-refractivity contribution >= 4 is 11.6 Å². The van der Waals surface area contributed by atoms with Crippen LogP contribution in [0.2, 0.25) is 0 Å². The van der Waals surface area contributed by atoms with Crippen LogP contribution in [0.3, 0.4) is 0 Å². The van der Waals surface area contributed by atoms with Crippen LogP contribution in [0.4, 0.5) is 0 Å². The van der Waals surface area contributed by atoms with Crippen molar-refractivity contribution in [2.75, 3.05) is 12.4 Å². The van der Waals surface area contributed by atoms with Crippen LogP contribution in [0, 0.1) is 12.3 Å². The topological polar surface area (TPSA) is 12.0 Å². The lowest BCUT2D eigenvalue weighted by Crippen LogP contribution is -2.24. The summed E-state index contributed by atoms with van der Waals surface area (Å²) in [5.74, 6) is 0.799. The number of halogens is 1. The molecule has 0 aromatic heterocycles. The third kappa shape index (κ3) is 2.73. The van der Waals surface area contributed by atoms with Crippen LogP contribution in [-0.4, -0.2) is 12.4 Å². The minimum absolute atomic E-state index is 0.421.